The molecule has 0 spiro atoms. The second-order valence-electron chi connectivity index (χ2n) is 5.89. The smallest absolute Gasteiger partial charge is 0.337 e. The van der Waals surface area contributed by atoms with E-state index in [1.54, 1.807) is 24.3 Å². The van der Waals surface area contributed by atoms with E-state index in [0.717, 1.165) is 33.3 Å². The molecule has 0 aliphatic rings. The predicted octanol–water partition coefficient (Wildman–Crippen LogP) is 3.72. The fraction of sp³-hybridized carbons (Fsp3) is 0.200. The van der Waals surface area contributed by atoms with Crippen LogP contribution in [0.15, 0.2) is 48.5 Å². The maximum atomic E-state index is 11.5. The lowest BCUT2D eigenvalue weighted by molar-refractivity contribution is 0.0600. The number of hydrogen-bond donors (Lipinski definition) is 1. The van der Waals surface area contributed by atoms with Gasteiger partial charge in [0.05, 0.1) is 18.2 Å². The number of pyridine rings is 1. The van der Waals surface area contributed by atoms with Gasteiger partial charge >= 0.3 is 5.97 Å². The van der Waals surface area contributed by atoms with Gasteiger partial charge < -0.3 is 9.84 Å². The van der Waals surface area contributed by atoms with E-state index in [4.69, 9.17) is 4.74 Å². The first kappa shape index (κ1) is 16.1. The maximum Gasteiger partial charge on any atom is 0.337 e. The van der Waals surface area contributed by atoms with Crippen LogP contribution >= 0.6 is 0 Å². The topological polar surface area (TPSA) is 59.4 Å². The molecule has 0 aliphatic heterocycles. The number of ether oxygens (including phenoxy) is 1. The Morgan fingerprint density at radius 1 is 1.08 bits per heavy atom. The van der Waals surface area contributed by atoms with Crippen molar-refractivity contribution in [2.24, 2.45) is 0 Å². The molecule has 4 nitrogen and oxygen atoms in total. The summed E-state index contributed by atoms with van der Waals surface area (Å²) >= 11 is 0. The third kappa shape index (κ3) is 3.01. The highest BCUT2D eigenvalue weighted by Gasteiger charge is 2.16. The van der Waals surface area contributed by atoms with E-state index in [1.165, 1.54) is 7.11 Å². The first-order valence-corrected chi connectivity index (χ1v) is 7.74. The van der Waals surface area contributed by atoms with Gasteiger partial charge in [-0.05, 0) is 55.3 Å². The Morgan fingerprint density at radius 2 is 1.79 bits per heavy atom. The van der Waals surface area contributed by atoms with Crippen molar-refractivity contribution in [3.63, 3.8) is 0 Å². The van der Waals surface area contributed by atoms with E-state index in [2.05, 4.69) is 4.98 Å². The monoisotopic (exact) mass is 321 g/mol. The molecule has 1 aromatic heterocycles. The van der Waals surface area contributed by atoms with E-state index < -0.39 is 12.1 Å². The molecule has 4 heteroatoms. The van der Waals surface area contributed by atoms with Gasteiger partial charge in [-0.2, -0.15) is 0 Å². The van der Waals surface area contributed by atoms with Crippen LogP contribution in [0.4, 0.5) is 0 Å². The molecular weight excluding hydrogens is 302 g/mol. The number of aryl methyl sites for hydroxylation is 2. The number of esters is 1. The molecule has 0 saturated heterocycles. The molecule has 1 atom stereocenters. The van der Waals surface area contributed by atoms with Crippen LogP contribution in [0.1, 0.15) is 38.8 Å². The number of carbonyl (C=O) groups is 1. The zero-order chi connectivity index (χ0) is 17.3. The van der Waals surface area contributed by atoms with Crippen molar-refractivity contribution in [1.82, 2.24) is 4.98 Å². The van der Waals surface area contributed by atoms with Crippen LogP contribution in [-0.4, -0.2) is 23.2 Å². The van der Waals surface area contributed by atoms with E-state index in [-0.39, 0.29) is 0 Å². The van der Waals surface area contributed by atoms with Crippen molar-refractivity contribution < 1.29 is 14.6 Å². The highest BCUT2D eigenvalue weighted by atomic mass is 16.5. The summed E-state index contributed by atoms with van der Waals surface area (Å²) in [5.74, 6) is -0.392. The first-order valence-electron chi connectivity index (χ1n) is 7.74. The average Bonchev–Trinajstić information content (AvgIpc) is 2.60. The normalized spacial score (nSPS) is 12.2. The number of carbonyl (C=O) groups excluding carboxylic acids is 1. The molecule has 122 valence electrons. The van der Waals surface area contributed by atoms with Crippen LogP contribution in [0, 0.1) is 13.8 Å². The number of aliphatic hydroxyl groups excluding tert-OH is 1. The third-order valence-electron chi connectivity index (χ3n) is 4.07. The van der Waals surface area contributed by atoms with Gasteiger partial charge in [0.25, 0.3) is 0 Å². The summed E-state index contributed by atoms with van der Waals surface area (Å²) in [4.78, 5) is 16.1. The van der Waals surface area contributed by atoms with E-state index in [9.17, 15) is 9.90 Å². The van der Waals surface area contributed by atoms with Gasteiger partial charge in [0.15, 0.2) is 0 Å². The summed E-state index contributed by atoms with van der Waals surface area (Å²) in [6, 6.07) is 14.7. The highest BCUT2D eigenvalue weighted by molar-refractivity contribution is 5.89. The fourth-order valence-corrected chi connectivity index (χ4v) is 2.83. The number of benzene rings is 2. The Bertz CT molecular complexity index is 901. The molecule has 1 heterocycles. The fourth-order valence-electron chi connectivity index (χ4n) is 2.83. The molecule has 0 aliphatic carbocycles. The van der Waals surface area contributed by atoms with Crippen molar-refractivity contribution in [2.45, 2.75) is 20.0 Å². The van der Waals surface area contributed by atoms with Gasteiger partial charge in [-0.15, -0.1) is 0 Å². The number of aliphatic hydroxyl groups is 1. The van der Waals surface area contributed by atoms with Crippen molar-refractivity contribution in [3.05, 3.63) is 76.5 Å². The van der Waals surface area contributed by atoms with Crippen molar-refractivity contribution in [2.75, 3.05) is 7.11 Å². The van der Waals surface area contributed by atoms with Crippen LogP contribution in [0.5, 0.6) is 0 Å². The Kier molecular flexibility index (Phi) is 4.32. The molecule has 3 aromatic rings. The SMILES string of the molecule is COC(=O)c1ccc(C(O)c2cc(C)nc3ccc(C)cc23)cc1. The standard InChI is InChI=1S/C20H19NO3/c1-12-4-9-18-16(10-12)17(11-13(2)21-18)19(22)14-5-7-15(8-6-14)20(23)24-3/h4-11,19,22H,1-3H3. The Hall–Kier alpha value is -2.72. The maximum absolute atomic E-state index is 11.5. The number of methoxy groups -OCH3 is 1. The second-order valence-corrected chi connectivity index (χ2v) is 5.89. The summed E-state index contributed by atoms with van der Waals surface area (Å²) < 4.78 is 4.70. The minimum absolute atomic E-state index is 0.392. The van der Waals surface area contributed by atoms with Crippen LogP contribution in [0.3, 0.4) is 0 Å². The zero-order valence-corrected chi connectivity index (χ0v) is 13.9. The van der Waals surface area contributed by atoms with Crippen molar-refractivity contribution >= 4 is 16.9 Å². The molecule has 0 amide bonds. The Labute approximate surface area is 140 Å². The van der Waals surface area contributed by atoms with Gasteiger partial charge in [-0.1, -0.05) is 23.8 Å². The molecule has 1 unspecified atom stereocenters. The van der Waals surface area contributed by atoms with E-state index in [0.29, 0.717) is 5.56 Å². The lowest BCUT2D eigenvalue weighted by Crippen LogP contribution is -2.05. The van der Waals surface area contributed by atoms with Crippen LogP contribution < -0.4 is 0 Å². The zero-order valence-electron chi connectivity index (χ0n) is 13.9. The lowest BCUT2D eigenvalue weighted by Gasteiger charge is -2.16. The van der Waals surface area contributed by atoms with Gasteiger partial charge in [0, 0.05) is 11.1 Å². The average molecular weight is 321 g/mol. The highest BCUT2D eigenvalue weighted by Crippen LogP contribution is 2.29. The minimum atomic E-state index is -0.789. The number of rotatable bonds is 3. The van der Waals surface area contributed by atoms with Crippen LogP contribution in [0.2, 0.25) is 0 Å². The Morgan fingerprint density at radius 3 is 2.46 bits per heavy atom. The van der Waals surface area contributed by atoms with Crippen molar-refractivity contribution in [3.8, 4) is 0 Å². The van der Waals surface area contributed by atoms with E-state index in [1.807, 2.05) is 38.1 Å². The molecule has 0 radical (unpaired) electrons. The summed E-state index contributed by atoms with van der Waals surface area (Å²) in [7, 11) is 1.35. The van der Waals surface area contributed by atoms with Gasteiger partial charge in [0.1, 0.15) is 6.10 Å². The molecule has 0 fully saturated rings. The number of aromatic nitrogens is 1. The number of hydrogen-bond acceptors (Lipinski definition) is 4. The summed E-state index contributed by atoms with van der Waals surface area (Å²) in [6.07, 6.45) is -0.789. The number of fused-ring (bicyclic) bond motifs is 1. The predicted molar refractivity (Wildman–Crippen MR) is 93.1 cm³/mol. The molecule has 3 rings (SSSR count). The van der Waals surface area contributed by atoms with Gasteiger partial charge in [-0.3, -0.25) is 4.98 Å². The second kappa shape index (κ2) is 6.42. The summed E-state index contributed by atoms with van der Waals surface area (Å²) in [5.41, 5.74) is 4.82. The van der Waals surface area contributed by atoms with Gasteiger partial charge in [-0.25, -0.2) is 4.79 Å². The first-order chi connectivity index (χ1) is 11.5. The number of nitrogens with zero attached hydrogens (tertiary/aromatic N) is 1. The largest absolute Gasteiger partial charge is 0.465 e. The summed E-state index contributed by atoms with van der Waals surface area (Å²) in [6.45, 7) is 3.93. The Balaban J connectivity index is 2.06. The molecule has 2 aromatic carbocycles. The van der Waals surface area contributed by atoms with Crippen molar-refractivity contribution in [1.29, 1.82) is 0 Å². The molecule has 24 heavy (non-hydrogen) atoms. The lowest BCUT2D eigenvalue weighted by atomic mass is 9.96. The summed E-state index contributed by atoms with van der Waals surface area (Å²) in [5, 5.41) is 11.8. The third-order valence-corrected chi connectivity index (χ3v) is 4.07. The minimum Gasteiger partial charge on any atom is -0.465 e. The molecule has 1 N–H and O–H groups in total. The van der Waals surface area contributed by atoms with Crippen LogP contribution in [0.25, 0.3) is 10.9 Å². The van der Waals surface area contributed by atoms with Crippen LogP contribution in [-0.2, 0) is 4.74 Å². The van der Waals surface area contributed by atoms with Gasteiger partial charge in [0.2, 0.25) is 0 Å². The quantitative estimate of drug-likeness (QED) is 0.747. The van der Waals surface area contributed by atoms with E-state index >= 15 is 0 Å². The molecular formula is C20H19NO3. The molecule has 0 saturated carbocycles. The molecule has 0 bridgehead atoms.